The van der Waals surface area contributed by atoms with Gasteiger partial charge in [-0.15, -0.1) is 0 Å². The van der Waals surface area contributed by atoms with Crippen LogP contribution in [0.5, 0.6) is 11.5 Å². The molecule has 0 spiro atoms. The Morgan fingerprint density at radius 2 is 1.77 bits per heavy atom. The van der Waals surface area contributed by atoms with Gasteiger partial charge in [-0.25, -0.2) is 4.68 Å². The third kappa shape index (κ3) is 2.42. The highest BCUT2D eigenvalue weighted by atomic mass is 35.5. The second-order valence-electron chi connectivity index (χ2n) is 6.19. The molecule has 5 nitrogen and oxygen atoms in total. The summed E-state index contributed by atoms with van der Waals surface area (Å²) in [4.78, 5) is 0. The first-order valence-electron chi connectivity index (χ1n) is 8.42. The molecule has 0 fully saturated rings. The average Bonchev–Trinajstić information content (AvgIpc) is 3.25. The van der Waals surface area contributed by atoms with E-state index < -0.39 is 0 Å². The Morgan fingerprint density at radius 3 is 2.58 bits per heavy atom. The van der Waals surface area contributed by atoms with Crippen LogP contribution < -0.4 is 14.8 Å². The molecule has 0 amide bonds. The van der Waals surface area contributed by atoms with Crippen molar-refractivity contribution < 1.29 is 9.47 Å². The molecular weight excluding hydrogens is 373 g/mol. The monoisotopic (exact) mass is 387 g/mol. The number of halogens is 2. The van der Waals surface area contributed by atoms with E-state index in [1.54, 1.807) is 0 Å². The van der Waals surface area contributed by atoms with Gasteiger partial charge in [-0.1, -0.05) is 29.3 Å². The van der Waals surface area contributed by atoms with Gasteiger partial charge in [0.05, 0.1) is 15.7 Å². The summed E-state index contributed by atoms with van der Waals surface area (Å²) in [5, 5.41) is 9.44. The van der Waals surface area contributed by atoms with Crippen molar-refractivity contribution in [3.63, 3.8) is 0 Å². The summed E-state index contributed by atoms with van der Waals surface area (Å²) in [7, 11) is 0. The molecule has 2 aromatic carbocycles. The predicted octanol–water partition coefficient (Wildman–Crippen LogP) is 4.59. The van der Waals surface area contributed by atoms with Gasteiger partial charge in [0.1, 0.15) is 24.7 Å². The van der Waals surface area contributed by atoms with Crippen LogP contribution in [0, 0.1) is 0 Å². The number of nitrogens with one attached hydrogen (secondary N) is 1. The highest BCUT2D eigenvalue weighted by molar-refractivity contribution is 6.39. The standard InChI is InChI=1S/C19H15Cl2N3O2/c20-13-2-1-3-14(21)17(13)18-12-6-7-22-19(12)24(23-18)11-4-5-15-16(10-11)26-9-8-25-15/h1-5,10,22H,6-9H2. The maximum atomic E-state index is 6.43. The number of hydrogen-bond acceptors (Lipinski definition) is 4. The highest BCUT2D eigenvalue weighted by Gasteiger charge is 2.27. The van der Waals surface area contributed by atoms with Gasteiger partial charge in [0.15, 0.2) is 11.5 Å². The minimum atomic E-state index is 0.548. The van der Waals surface area contributed by atoms with Crippen LogP contribution in [0.2, 0.25) is 10.0 Å². The van der Waals surface area contributed by atoms with E-state index in [-0.39, 0.29) is 0 Å². The molecule has 0 saturated carbocycles. The Bertz CT molecular complexity index is 996. The predicted molar refractivity (Wildman–Crippen MR) is 102 cm³/mol. The van der Waals surface area contributed by atoms with E-state index in [9.17, 15) is 0 Å². The maximum absolute atomic E-state index is 6.43. The Hall–Kier alpha value is -2.37. The normalized spacial score (nSPS) is 14.8. The molecule has 2 aliphatic heterocycles. The first-order valence-corrected chi connectivity index (χ1v) is 9.18. The topological polar surface area (TPSA) is 48.3 Å². The molecule has 0 aliphatic carbocycles. The summed E-state index contributed by atoms with van der Waals surface area (Å²) in [6.45, 7) is 1.97. The lowest BCUT2D eigenvalue weighted by atomic mass is 10.1. The van der Waals surface area contributed by atoms with E-state index in [2.05, 4.69) is 5.32 Å². The Morgan fingerprint density at radius 1 is 1.00 bits per heavy atom. The molecule has 0 unspecified atom stereocenters. The fraction of sp³-hybridized carbons (Fsp3) is 0.211. The zero-order valence-corrected chi connectivity index (χ0v) is 15.3. The molecule has 1 N–H and O–H groups in total. The van der Waals surface area contributed by atoms with E-state index in [4.69, 9.17) is 37.8 Å². The van der Waals surface area contributed by atoms with Crippen LogP contribution in [0.4, 0.5) is 5.82 Å². The molecule has 0 saturated heterocycles. The van der Waals surface area contributed by atoms with E-state index in [0.29, 0.717) is 23.3 Å². The fourth-order valence-electron chi connectivity index (χ4n) is 3.45. The largest absolute Gasteiger partial charge is 0.486 e. The quantitative estimate of drug-likeness (QED) is 0.698. The first kappa shape index (κ1) is 15.9. The van der Waals surface area contributed by atoms with Crippen molar-refractivity contribution in [2.75, 3.05) is 25.1 Å². The molecule has 3 aromatic rings. The third-order valence-corrected chi connectivity index (χ3v) is 5.25. The summed E-state index contributed by atoms with van der Waals surface area (Å²) >= 11 is 12.9. The summed E-state index contributed by atoms with van der Waals surface area (Å²) in [6, 6.07) is 11.3. The van der Waals surface area contributed by atoms with Crippen LogP contribution in [0.1, 0.15) is 5.56 Å². The van der Waals surface area contributed by atoms with Crippen molar-refractivity contribution in [1.29, 1.82) is 0 Å². The molecule has 0 atom stereocenters. The van der Waals surface area contributed by atoms with Crippen molar-refractivity contribution in [3.05, 3.63) is 52.0 Å². The van der Waals surface area contributed by atoms with Crippen molar-refractivity contribution in [2.24, 2.45) is 0 Å². The zero-order valence-electron chi connectivity index (χ0n) is 13.8. The minimum absolute atomic E-state index is 0.548. The van der Waals surface area contributed by atoms with Crippen molar-refractivity contribution >= 4 is 29.0 Å². The van der Waals surface area contributed by atoms with E-state index >= 15 is 0 Å². The maximum Gasteiger partial charge on any atom is 0.163 e. The van der Waals surface area contributed by atoms with Gasteiger partial charge in [0.25, 0.3) is 0 Å². The molecule has 5 rings (SSSR count). The third-order valence-electron chi connectivity index (χ3n) is 4.62. The summed E-state index contributed by atoms with van der Waals surface area (Å²) < 4.78 is 13.2. The molecular formula is C19H15Cl2N3O2. The van der Waals surface area contributed by atoms with Crippen molar-refractivity contribution in [3.8, 4) is 28.4 Å². The number of aromatic nitrogens is 2. The number of rotatable bonds is 2. The number of nitrogens with zero attached hydrogens (tertiary/aromatic N) is 2. The van der Waals surface area contributed by atoms with Crippen molar-refractivity contribution in [1.82, 2.24) is 9.78 Å². The molecule has 0 radical (unpaired) electrons. The van der Waals surface area contributed by atoms with E-state index in [0.717, 1.165) is 52.8 Å². The van der Waals surface area contributed by atoms with Crippen LogP contribution in [0.3, 0.4) is 0 Å². The van der Waals surface area contributed by atoms with Gasteiger partial charge in [-0.2, -0.15) is 5.10 Å². The molecule has 0 bridgehead atoms. The van der Waals surface area contributed by atoms with Gasteiger partial charge in [-0.05, 0) is 30.7 Å². The second kappa shape index (κ2) is 6.11. The summed E-state index contributed by atoms with van der Waals surface area (Å²) in [5.74, 6) is 2.45. The van der Waals surface area contributed by atoms with Crippen LogP contribution in [0.25, 0.3) is 16.9 Å². The number of fused-ring (bicyclic) bond motifs is 2. The van der Waals surface area contributed by atoms with Gasteiger partial charge < -0.3 is 14.8 Å². The zero-order chi connectivity index (χ0) is 17.7. The smallest absolute Gasteiger partial charge is 0.163 e. The first-order chi connectivity index (χ1) is 12.7. The number of benzene rings is 2. The molecule has 1 aromatic heterocycles. The number of hydrogen-bond donors (Lipinski definition) is 1. The van der Waals surface area contributed by atoms with Crippen LogP contribution >= 0.6 is 23.2 Å². The summed E-state index contributed by atoms with van der Waals surface area (Å²) in [6.07, 6.45) is 0.872. The molecule has 2 aliphatic rings. The lowest BCUT2D eigenvalue weighted by Crippen LogP contribution is -2.15. The number of ether oxygens (including phenoxy) is 2. The van der Waals surface area contributed by atoms with Gasteiger partial charge in [0.2, 0.25) is 0 Å². The second-order valence-corrected chi connectivity index (χ2v) is 7.00. The lowest BCUT2D eigenvalue weighted by molar-refractivity contribution is 0.171. The van der Waals surface area contributed by atoms with Crippen LogP contribution in [0.15, 0.2) is 36.4 Å². The molecule has 7 heteroatoms. The van der Waals surface area contributed by atoms with Crippen molar-refractivity contribution in [2.45, 2.75) is 6.42 Å². The molecule has 26 heavy (non-hydrogen) atoms. The van der Waals surface area contributed by atoms with Crippen LogP contribution in [-0.4, -0.2) is 29.5 Å². The Labute approximate surface area is 160 Å². The van der Waals surface area contributed by atoms with Crippen LogP contribution in [-0.2, 0) is 6.42 Å². The SMILES string of the molecule is Clc1cccc(Cl)c1-c1nn(-c2ccc3c(c2)OCCO3)c2c1CCN2. The van der Waals surface area contributed by atoms with Gasteiger partial charge in [0, 0.05) is 23.7 Å². The average molecular weight is 388 g/mol. The molecule has 3 heterocycles. The van der Waals surface area contributed by atoms with Gasteiger partial charge in [-0.3, -0.25) is 0 Å². The molecule has 132 valence electrons. The lowest BCUT2D eigenvalue weighted by Gasteiger charge is -2.19. The Balaban J connectivity index is 1.68. The number of anilines is 1. The minimum Gasteiger partial charge on any atom is -0.486 e. The Kier molecular flexibility index (Phi) is 3.72. The van der Waals surface area contributed by atoms with E-state index in [1.165, 1.54) is 0 Å². The summed E-state index contributed by atoms with van der Waals surface area (Å²) in [5.41, 5.74) is 3.60. The fourth-order valence-corrected chi connectivity index (χ4v) is 4.03. The van der Waals surface area contributed by atoms with E-state index in [1.807, 2.05) is 41.1 Å². The van der Waals surface area contributed by atoms with Gasteiger partial charge >= 0.3 is 0 Å². The highest BCUT2D eigenvalue weighted by Crippen LogP contribution is 2.41.